The zero-order valence-electron chi connectivity index (χ0n) is 9.91. The molecule has 0 unspecified atom stereocenters. The fourth-order valence-electron chi connectivity index (χ4n) is 2.05. The van der Waals surface area contributed by atoms with E-state index in [2.05, 4.69) is 39.0 Å². The molecule has 2 rings (SSSR count). The van der Waals surface area contributed by atoms with Crippen molar-refractivity contribution in [2.24, 2.45) is 0 Å². The van der Waals surface area contributed by atoms with Gasteiger partial charge in [-0.15, -0.1) is 0 Å². The molecule has 0 bridgehead atoms. The van der Waals surface area contributed by atoms with E-state index in [1.165, 1.54) is 22.3 Å². The molecule has 0 amide bonds. The highest BCUT2D eigenvalue weighted by Gasteiger charge is 2.04. The molecule has 0 atom stereocenters. The van der Waals surface area contributed by atoms with Gasteiger partial charge in [-0.2, -0.15) is 0 Å². The van der Waals surface area contributed by atoms with E-state index in [4.69, 9.17) is 0 Å². The lowest BCUT2D eigenvalue weighted by atomic mass is 9.97. The number of aryl methyl sites for hydroxylation is 3. The minimum absolute atomic E-state index is 0.319. The van der Waals surface area contributed by atoms with Gasteiger partial charge in [-0.1, -0.05) is 35.4 Å². The lowest BCUT2D eigenvalue weighted by Gasteiger charge is -2.09. The molecule has 0 aliphatic heterocycles. The van der Waals surface area contributed by atoms with Gasteiger partial charge in [0.25, 0.3) is 0 Å². The Morgan fingerprint density at radius 1 is 0.812 bits per heavy atom. The first-order chi connectivity index (χ1) is 7.56. The first-order valence-corrected chi connectivity index (χ1v) is 5.44. The summed E-state index contributed by atoms with van der Waals surface area (Å²) in [7, 11) is 0. The number of phenolic OH excluding ortho intramolecular Hbond substituents is 1. The van der Waals surface area contributed by atoms with Crippen molar-refractivity contribution in [3.8, 4) is 16.9 Å². The second-order valence-corrected chi connectivity index (χ2v) is 4.38. The summed E-state index contributed by atoms with van der Waals surface area (Å²) in [4.78, 5) is 0. The van der Waals surface area contributed by atoms with Gasteiger partial charge in [-0.25, -0.2) is 0 Å². The zero-order chi connectivity index (χ0) is 11.7. The average Bonchev–Trinajstić information content (AvgIpc) is 2.20. The van der Waals surface area contributed by atoms with Crippen molar-refractivity contribution >= 4 is 0 Å². The number of aromatic hydroxyl groups is 1. The van der Waals surface area contributed by atoms with Crippen molar-refractivity contribution in [1.82, 2.24) is 0 Å². The fourth-order valence-corrected chi connectivity index (χ4v) is 2.05. The molecule has 0 radical (unpaired) electrons. The van der Waals surface area contributed by atoms with Crippen LogP contribution in [0.25, 0.3) is 11.1 Å². The SMILES string of the molecule is Cc1cc(C)cc(-c2cc(O)ccc2C)c1. The molecular formula is C15H16O. The predicted octanol–water partition coefficient (Wildman–Crippen LogP) is 3.98. The third-order valence-corrected chi connectivity index (χ3v) is 2.75. The fraction of sp³-hybridized carbons (Fsp3) is 0.200. The summed E-state index contributed by atoms with van der Waals surface area (Å²) in [6.07, 6.45) is 0. The summed E-state index contributed by atoms with van der Waals surface area (Å²) in [5.41, 5.74) is 5.95. The minimum atomic E-state index is 0.319. The van der Waals surface area contributed by atoms with E-state index < -0.39 is 0 Å². The summed E-state index contributed by atoms with van der Waals surface area (Å²) < 4.78 is 0. The minimum Gasteiger partial charge on any atom is -0.508 e. The highest BCUT2D eigenvalue weighted by Crippen LogP contribution is 2.28. The molecule has 1 nitrogen and oxygen atoms in total. The van der Waals surface area contributed by atoms with Gasteiger partial charge < -0.3 is 5.11 Å². The van der Waals surface area contributed by atoms with Crippen molar-refractivity contribution in [2.45, 2.75) is 20.8 Å². The van der Waals surface area contributed by atoms with E-state index in [0.717, 1.165) is 5.56 Å². The molecular weight excluding hydrogens is 196 g/mol. The molecule has 0 saturated heterocycles. The van der Waals surface area contributed by atoms with Crippen LogP contribution in [0.15, 0.2) is 36.4 Å². The largest absolute Gasteiger partial charge is 0.508 e. The first-order valence-electron chi connectivity index (χ1n) is 5.44. The van der Waals surface area contributed by atoms with Crippen LogP contribution in [0.1, 0.15) is 16.7 Å². The normalized spacial score (nSPS) is 10.4. The Morgan fingerprint density at radius 3 is 2.06 bits per heavy atom. The molecule has 1 heteroatoms. The summed E-state index contributed by atoms with van der Waals surface area (Å²) >= 11 is 0. The first kappa shape index (κ1) is 10.7. The molecule has 0 fully saturated rings. The van der Waals surface area contributed by atoms with Crippen LogP contribution in [0, 0.1) is 20.8 Å². The van der Waals surface area contributed by atoms with E-state index in [1.54, 1.807) is 6.07 Å². The quantitative estimate of drug-likeness (QED) is 0.758. The highest BCUT2D eigenvalue weighted by molar-refractivity contribution is 5.70. The van der Waals surface area contributed by atoms with Crippen LogP contribution < -0.4 is 0 Å². The summed E-state index contributed by atoms with van der Waals surface area (Å²) in [5, 5.41) is 9.54. The van der Waals surface area contributed by atoms with Gasteiger partial charge in [0.1, 0.15) is 5.75 Å². The lowest BCUT2D eigenvalue weighted by molar-refractivity contribution is 0.475. The van der Waals surface area contributed by atoms with E-state index in [0.29, 0.717) is 5.75 Å². The van der Waals surface area contributed by atoms with Gasteiger partial charge >= 0.3 is 0 Å². The number of phenols is 1. The molecule has 2 aromatic rings. The van der Waals surface area contributed by atoms with Gasteiger partial charge in [0.15, 0.2) is 0 Å². The van der Waals surface area contributed by atoms with Crippen LogP contribution in [0.4, 0.5) is 0 Å². The Balaban J connectivity index is 2.62. The van der Waals surface area contributed by atoms with Gasteiger partial charge in [-0.3, -0.25) is 0 Å². The van der Waals surface area contributed by atoms with Crippen LogP contribution in [0.3, 0.4) is 0 Å². The maximum absolute atomic E-state index is 9.54. The van der Waals surface area contributed by atoms with Crippen molar-refractivity contribution in [2.75, 3.05) is 0 Å². The van der Waals surface area contributed by atoms with Gasteiger partial charge in [0, 0.05) is 0 Å². The smallest absolute Gasteiger partial charge is 0.116 e. The summed E-state index contributed by atoms with van der Waals surface area (Å²) in [6.45, 7) is 6.25. The second-order valence-electron chi connectivity index (χ2n) is 4.38. The molecule has 82 valence electrons. The summed E-state index contributed by atoms with van der Waals surface area (Å²) in [6, 6.07) is 11.9. The van der Waals surface area contributed by atoms with Crippen LogP contribution >= 0.6 is 0 Å². The highest BCUT2D eigenvalue weighted by atomic mass is 16.3. The van der Waals surface area contributed by atoms with Crippen molar-refractivity contribution in [1.29, 1.82) is 0 Å². The molecule has 0 saturated carbocycles. The molecule has 2 aromatic carbocycles. The number of hydrogen-bond acceptors (Lipinski definition) is 1. The van der Waals surface area contributed by atoms with E-state index in [9.17, 15) is 5.11 Å². The van der Waals surface area contributed by atoms with Crippen molar-refractivity contribution in [3.63, 3.8) is 0 Å². The van der Waals surface area contributed by atoms with Crippen LogP contribution in [0.2, 0.25) is 0 Å². The predicted molar refractivity (Wildman–Crippen MR) is 67.8 cm³/mol. The maximum Gasteiger partial charge on any atom is 0.116 e. The van der Waals surface area contributed by atoms with Crippen LogP contribution in [0.5, 0.6) is 5.75 Å². The standard InChI is InChI=1S/C15H16O/c1-10-6-11(2)8-13(7-10)15-9-14(16)5-4-12(15)3/h4-9,16H,1-3H3. The number of hydrogen-bond donors (Lipinski definition) is 1. The Hall–Kier alpha value is -1.76. The molecule has 0 aliphatic carbocycles. The third kappa shape index (κ3) is 2.08. The van der Waals surface area contributed by atoms with Crippen molar-refractivity contribution in [3.05, 3.63) is 53.1 Å². The van der Waals surface area contributed by atoms with E-state index in [1.807, 2.05) is 12.1 Å². The molecule has 16 heavy (non-hydrogen) atoms. The number of rotatable bonds is 1. The molecule has 0 aromatic heterocycles. The maximum atomic E-state index is 9.54. The Morgan fingerprint density at radius 2 is 1.44 bits per heavy atom. The lowest BCUT2D eigenvalue weighted by Crippen LogP contribution is -1.86. The molecule has 0 spiro atoms. The van der Waals surface area contributed by atoms with Gasteiger partial charge in [0.2, 0.25) is 0 Å². The van der Waals surface area contributed by atoms with Crippen molar-refractivity contribution < 1.29 is 5.11 Å². The van der Waals surface area contributed by atoms with E-state index in [-0.39, 0.29) is 0 Å². The number of benzene rings is 2. The monoisotopic (exact) mass is 212 g/mol. The zero-order valence-corrected chi connectivity index (χ0v) is 9.91. The van der Waals surface area contributed by atoms with Crippen LogP contribution in [-0.2, 0) is 0 Å². The Labute approximate surface area is 96.4 Å². The van der Waals surface area contributed by atoms with Gasteiger partial charge in [0.05, 0.1) is 0 Å². The third-order valence-electron chi connectivity index (χ3n) is 2.75. The van der Waals surface area contributed by atoms with E-state index >= 15 is 0 Å². The molecule has 1 N–H and O–H groups in total. The van der Waals surface area contributed by atoms with Crippen LogP contribution in [-0.4, -0.2) is 5.11 Å². The van der Waals surface area contributed by atoms with Gasteiger partial charge in [-0.05, 0) is 49.6 Å². The average molecular weight is 212 g/mol. The molecule has 0 heterocycles. The Kier molecular flexibility index (Phi) is 2.69. The molecule has 0 aliphatic rings. The summed E-state index contributed by atoms with van der Waals surface area (Å²) in [5.74, 6) is 0.319. The Bertz CT molecular complexity index is 507. The second kappa shape index (κ2) is 4.01. The topological polar surface area (TPSA) is 20.2 Å².